The molecule has 1 N–H and O–H groups in total. The first kappa shape index (κ1) is 8.05. The molecule has 2 fully saturated rings. The predicted molar refractivity (Wildman–Crippen MR) is 44.5 cm³/mol. The maximum absolute atomic E-state index is 11.6. The summed E-state index contributed by atoms with van der Waals surface area (Å²) < 4.78 is 0. The van der Waals surface area contributed by atoms with E-state index in [4.69, 9.17) is 0 Å². The first-order valence-electron chi connectivity index (χ1n) is 4.49. The van der Waals surface area contributed by atoms with Crippen LogP contribution in [0, 0.1) is 11.8 Å². The molecular weight excluding hydrogens is 154 g/mol. The zero-order valence-electron chi connectivity index (χ0n) is 7.74. The van der Waals surface area contributed by atoms with Crippen LogP contribution in [0.4, 0.5) is 0 Å². The Hall–Kier alpha value is -0.570. The second kappa shape index (κ2) is 2.02. The normalized spacial score (nSPS) is 45.4. The van der Waals surface area contributed by atoms with Gasteiger partial charge >= 0.3 is 0 Å². The third-order valence-electron chi connectivity index (χ3n) is 3.36. The molecule has 3 atom stereocenters. The van der Waals surface area contributed by atoms with Gasteiger partial charge in [0.1, 0.15) is 5.60 Å². The van der Waals surface area contributed by atoms with Crippen molar-refractivity contribution in [2.45, 2.75) is 31.9 Å². The number of hydrogen-bond donors (Lipinski definition) is 1. The van der Waals surface area contributed by atoms with Gasteiger partial charge in [-0.2, -0.15) is 0 Å². The van der Waals surface area contributed by atoms with Crippen molar-refractivity contribution >= 4 is 5.91 Å². The van der Waals surface area contributed by atoms with Gasteiger partial charge in [-0.3, -0.25) is 4.79 Å². The fourth-order valence-electron chi connectivity index (χ4n) is 2.35. The molecule has 1 saturated heterocycles. The molecule has 0 aromatic rings. The Morgan fingerprint density at radius 2 is 2.25 bits per heavy atom. The third-order valence-corrected chi connectivity index (χ3v) is 3.36. The minimum absolute atomic E-state index is 0.0324. The van der Waals surface area contributed by atoms with E-state index >= 15 is 0 Å². The van der Waals surface area contributed by atoms with Crippen molar-refractivity contribution in [2.75, 3.05) is 7.05 Å². The minimum atomic E-state index is -1.06. The summed E-state index contributed by atoms with van der Waals surface area (Å²) >= 11 is 0. The Morgan fingerprint density at radius 3 is 2.50 bits per heavy atom. The van der Waals surface area contributed by atoms with Gasteiger partial charge < -0.3 is 10.0 Å². The molecular formula is C9H15NO2. The van der Waals surface area contributed by atoms with Gasteiger partial charge in [-0.25, -0.2) is 0 Å². The van der Waals surface area contributed by atoms with Crippen molar-refractivity contribution < 1.29 is 9.90 Å². The molecule has 1 saturated carbocycles. The molecule has 2 rings (SSSR count). The SMILES string of the molecule is CC(C)[C@]1(O)C(=O)N(C)[C@@H]2C[C@@H]21. The van der Waals surface area contributed by atoms with Crippen LogP contribution in [0.25, 0.3) is 0 Å². The molecule has 0 aromatic carbocycles. The number of hydrogen-bond acceptors (Lipinski definition) is 2. The van der Waals surface area contributed by atoms with Crippen molar-refractivity contribution in [3.63, 3.8) is 0 Å². The van der Waals surface area contributed by atoms with Crippen molar-refractivity contribution in [2.24, 2.45) is 11.8 Å². The minimum Gasteiger partial charge on any atom is -0.379 e. The molecule has 1 aliphatic heterocycles. The Kier molecular flexibility index (Phi) is 1.35. The molecule has 3 heteroatoms. The van der Waals surface area contributed by atoms with E-state index in [0.29, 0.717) is 6.04 Å². The highest BCUT2D eigenvalue weighted by molar-refractivity contribution is 5.90. The number of likely N-dealkylation sites (N-methyl/N-ethyl adjacent to an activating group) is 1. The van der Waals surface area contributed by atoms with Crippen LogP contribution in [0.15, 0.2) is 0 Å². The van der Waals surface area contributed by atoms with Crippen LogP contribution < -0.4 is 0 Å². The summed E-state index contributed by atoms with van der Waals surface area (Å²) in [4.78, 5) is 13.3. The summed E-state index contributed by atoms with van der Waals surface area (Å²) in [5.41, 5.74) is -1.06. The summed E-state index contributed by atoms with van der Waals surface area (Å²) in [6.45, 7) is 3.82. The number of nitrogens with zero attached hydrogens (tertiary/aromatic N) is 1. The van der Waals surface area contributed by atoms with E-state index in [-0.39, 0.29) is 17.7 Å². The third kappa shape index (κ3) is 0.678. The molecule has 0 aromatic heterocycles. The van der Waals surface area contributed by atoms with Crippen LogP contribution >= 0.6 is 0 Å². The molecule has 1 heterocycles. The highest BCUT2D eigenvalue weighted by Crippen LogP contribution is 2.53. The second-order valence-electron chi connectivity index (χ2n) is 4.31. The molecule has 0 spiro atoms. The Bertz CT molecular complexity index is 239. The van der Waals surface area contributed by atoms with Crippen molar-refractivity contribution in [3.05, 3.63) is 0 Å². The van der Waals surface area contributed by atoms with E-state index in [1.165, 1.54) is 0 Å². The van der Waals surface area contributed by atoms with Gasteiger partial charge in [0.25, 0.3) is 5.91 Å². The van der Waals surface area contributed by atoms with Gasteiger partial charge in [0, 0.05) is 19.0 Å². The molecule has 1 amide bonds. The molecule has 0 bridgehead atoms. The van der Waals surface area contributed by atoms with Crippen molar-refractivity contribution in [1.29, 1.82) is 0 Å². The Labute approximate surface area is 72.4 Å². The standard InChI is InChI=1S/C9H15NO2/c1-5(2)9(12)6-4-7(6)10(3)8(9)11/h5-7,12H,4H2,1-3H3/t6-,7+,9+/m0/s1. The largest absolute Gasteiger partial charge is 0.379 e. The van der Waals surface area contributed by atoms with E-state index in [9.17, 15) is 9.90 Å². The molecule has 68 valence electrons. The van der Waals surface area contributed by atoms with Gasteiger partial charge in [-0.1, -0.05) is 13.8 Å². The smallest absolute Gasteiger partial charge is 0.255 e. The number of aliphatic hydroxyl groups is 1. The summed E-state index contributed by atoms with van der Waals surface area (Å²) in [7, 11) is 1.79. The van der Waals surface area contributed by atoms with Gasteiger partial charge in [0.15, 0.2) is 0 Å². The van der Waals surface area contributed by atoms with Crippen LogP contribution in [-0.2, 0) is 4.79 Å². The Morgan fingerprint density at radius 1 is 1.67 bits per heavy atom. The number of piperidine rings is 1. The maximum atomic E-state index is 11.6. The fourth-order valence-corrected chi connectivity index (χ4v) is 2.35. The molecule has 12 heavy (non-hydrogen) atoms. The first-order chi connectivity index (χ1) is 5.49. The van der Waals surface area contributed by atoms with Crippen LogP contribution in [0.2, 0.25) is 0 Å². The molecule has 3 nitrogen and oxygen atoms in total. The Balaban J connectivity index is 2.32. The fraction of sp³-hybridized carbons (Fsp3) is 0.889. The van der Waals surface area contributed by atoms with Crippen LogP contribution in [0.1, 0.15) is 20.3 Å². The monoisotopic (exact) mass is 169 g/mol. The average Bonchev–Trinajstić information content (AvgIpc) is 2.74. The van der Waals surface area contributed by atoms with E-state index in [2.05, 4.69) is 0 Å². The summed E-state index contributed by atoms with van der Waals surface area (Å²) in [5.74, 6) is 0.152. The molecule has 2 aliphatic rings. The van der Waals surface area contributed by atoms with E-state index in [0.717, 1.165) is 6.42 Å². The van der Waals surface area contributed by atoms with Crippen molar-refractivity contribution in [3.8, 4) is 0 Å². The maximum Gasteiger partial charge on any atom is 0.255 e. The van der Waals surface area contributed by atoms with E-state index in [1.54, 1.807) is 11.9 Å². The zero-order chi connectivity index (χ0) is 9.09. The van der Waals surface area contributed by atoms with Crippen molar-refractivity contribution in [1.82, 2.24) is 4.90 Å². The van der Waals surface area contributed by atoms with Gasteiger partial charge in [-0.05, 0) is 12.3 Å². The lowest BCUT2D eigenvalue weighted by atomic mass is 9.86. The first-order valence-corrected chi connectivity index (χ1v) is 4.49. The van der Waals surface area contributed by atoms with Crippen LogP contribution in [0.5, 0.6) is 0 Å². The lowest BCUT2D eigenvalue weighted by Crippen LogP contribution is -2.47. The van der Waals surface area contributed by atoms with Gasteiger partial charge in [0.2, 0.25) is 0 Å². The zero-order valence-corrected chi connectivity index (χ0v) is 7.74. The highest BCUT2D eigenvalue weighted by atomic mass is 16.3. The highest BCUT2D eigenvalue weighted by Gasteiger charge is 2.67. The molecule has 0 unspecified atom stereocenters. The summed E-state index contributed by atoms with van der Waals surface area (Å²) in [6, 6.07) is 0.324. The van der Waals surface area contributed by atoms with Crippen LogP contribution in [0.3, 0.4) is 0 Å². The van der Waals surface area contributed by atoms with E-state index in [1.807, 2.05) is 13.8 Å². The van der Waals surface area contributed by atoms with E-state index < -0.39 is 5.60 Å². The number of amides is 1. The summed E-state index contributed by atoms with van der Waals surface area (Å²) in [6.07, 6.45) is 0.983. The quantitative estimate of drug-likeness (QED) is 0.610. The topological polar surface area (TPSA) is 40.5 Å². The van der Waals surface area contributed by atoms with Gasteiger partial charge in [0.05, 0.1) is 0 Å². The number of rotatable bonds is 1. The van der Waals surface area contributed by atoms with Gasteiger partial charge in [-0.15, -0.1) is 0 Å². The van der Waals surface area contributed by atoms with Crippen LogP contribution in [-0.4, -0.2) is 34.6 Å². The number of carbonyl (C=O) groups excluding carboxylic acids is 1. The molecule has 1 aliphatic carbocycles. The summed E-state index contributed by atoms with van der Waals surface area (Å²) in [5, 5.41) is 10.1. The number of likely N-dealkylation sites (tertiary alicyclic amines) is 1. The number of carbonyl (C=O) groups is 1. The predicted octanol–water partition coefficient (Wildman–Crippen LogP) is 0.234. The second-order valence-corrected chi connectivity index (χ2v) is 4.31. The average molecular weight is 169 g/mol. The lowest BCUT2D eigenvalue weighted by Gasteiger charge is -2.28. The lowest BCUT2D eigenvalue weighted by molar-refractivity contribution is -0.150. The molecule has 0 radical (unpaired) electrons. The number of fused-ring (bicyclic) bond motifs is 1.